The first kappa shape index (κ1) is 9.97. The van der Waals surface area contributed by atoms with Crippen LogP contribution in [0.2, 0.25) is 0 Å². The molecule has 0 saturated heterocycles. The highest BCUT2D eigenvalue weighted by Crippen LogP contribution is 2.24. The van der Waals surface area contributed by atoms with Crippen molar-refractivity contribution in [2.75, 3.05) is 0 Å². The van der Waals surface area contributed by atoms with Gasteiger partial charge in [-0.25, -0.2) is 0 Å². The summed E-state index contributed by atoms with van der Waals surface area (Å²) in [6.45, 7) is 2.23. The predicted molar refractivity (Wildman–Crippen MR) is 70.7 cm³/mol. The first-order valence-electron chi connectivity index (χ1n) is 4.99. The predicted octanol–water partition coefficient (Wildman–Crippen LogP) is 4.40. The zero-order valence-corrected chi connectivity index (χ0v) is 10.4. The largest absolute Gasteiger partial charge is 0.0651 e. The third-order valence-electron chi connectivity index (χ3n) is 2.46. The Bertz CT molecular complexity index is 446. The van der Waals surface area contributed by atoms with Gasteiger partial charge in [-0.2, -0.15) is 0 Å². The molecule has 0 nitrogen and oxygen atoms in total. The second-order valence-electron chi connectivity index (χ2n) is 3.51. The van der Waals surface area contributed by atoms with Gasteiger partial charge in [0.2, 0.25) is 0 Å². The van der Waals surface area contributed by atoms with Crippen LogP contribution in [0.4, 0.5) is 0 Å². The minimum absolute atomic E-state index is 1.18. The molecule has 0 aromatic heterocycles. The molecule has 2 rings (SSSR count). The standard InChI is InChI=1S/C13H13I/c1-2-5-11-9-8-10-6-3-4-7-12(10)13(11)14/h3-4,6-9H,2,5H2,1H3. The summed E-state index contributed by atoms with van der Waals surface area (Å²) in [5, 5.41) is 2.73. The summed E-state index contributed by atoms with van der Waals surface area (Å²) in [6.07, 6.45) is 2.40. The SMILES string of the molecule is CCCc1ccc2ccccc2c1I. The zero-order valence-electron chi connectivity index (χ0n) is 8.26. The van der Waals surface area contributed by atoms with Crippen LogP contribution in [0.25, 0.3) is 10.8 Å². The highest BCUT2D eigenvalue weighted by Gasteiger charge is 2.02. The summed E-state index contributed by atoms with van der Waals surface area (Å²) < 4.78 is 1.42. The molecule has 0 N–H and O–H groups in total. The maximum atomic E-state index is 2.46. The topological polar surface area (TPSA) is 0 Å². The number of aryl methyl sites for hydroxylation is 1. The molecule has 0 aliphatic rings. The van der Waals surface area contributed by atoms with E-state index in [1.165, 1.54) is 32.7 Å². The first-order valence-corrected chi connectivity index (χ1v) is 6.07. The summed E-state index contributed by atoms with van der Waals surface area (Å²) in [5.41, 5.74) is 1.48. The lowest BCUT2D eigenvalue weighted by molar-refractivity contribution is 0.919. The number of rotatable bonds is 2. The van der Waals surface area contributed by atoms with Crippen molar-refractivity contribution >= 4 is 33.4 Å². The molecule has 0 radical (unpaired) electrons. The van der Waals surface area contributed by atoms with Gasteiger partial charge in [-0.15, -0.1) is 0 Å². The Morgan fingerprint density at radius 3 is 2.64 bits per heavy atom. The number of hydrogen-bond acceptors (Lipinski definition) is 0. The molecule has 0 spiro atoms. The summed E-state index contributed by atoms with van der Waals surface area (Å²) in [6, 6.07) is 13.1. The molecule has 0 saturated carbocycles. The van der Waals surface area contributed by atoms with Crippen LogP contribution in [-0.2, 0) is 6.42 Å². The van der Waals surface area contributed by atoms with Gasteiger partial charge >= 0.3 is 0 Å². The second-order valence-corrected chi connectivity index (χ2v) is 4.59. The van der Waals surface area contributed by atoms with Crippen molar-refractivity contribution in [2.45, 2.75) is 19.8 Å². The van der Waals surface area contributed by atoms with Crippen LogP contribution in [0.15, 0.2) is 36.4 Å². The fourth-order valence-electron chi connectivity index (χ4n) is 1.74. The number of hydrogen-bond donors (Lipinski definition) is 0. The minimum atomic E-state index is 1.18. The van der Waals surface area contributed by atoms with Gasteiger partial charge in [-0.3, -0.25) is 0 Å². The van der Waals surface area contributed by atoms with Crippen LogP contribution >= 0.6 is 22.6 Å². The Morgan fingerprint density at radius 1 is 1.07 bits per heavy atom. The van der Waals surface area contributed by atoms with Gasteiger partial charge < -0.3 is 0 Å². The van der Waals surface area contributed by atoms with E-state index >= 15 is 0 Å². The van der Waals surface area contributed by atoms with Crippen molar-refractivity contribution in [2.24, 2.45) is 0 Å². The molecule has 0 fully saturated rings. The lowest BCUT2D eigenvalue weighted by Gasteiger charge is -2.06. The molecule has 0 bridgehead atoms. The third-order valence-corrected chi connectivity index (χ3v) is 3.74. The van der Waals surface area contributed by atoms with E-state index < -0.39 is 0 Å². The van der Waals surface area contributed by atoms with E-state index in [-0.39, 0.29) is 0 Å². The molecule has 2 aromatic carbocycles. The van der Waals surface area contributed by atoms with E-state index in [1.807, 2.05) is 0 Å². The smallest absolute Gasteiger partial charge is 0.0240 e. The van der Waals surface area contributed by atoms with Gasteiger partial charge in [0.1, 0.15) is 0 Å². The molecular formula is C13H13I. The molecule has 0 unspecified atom stereocenters. The number of benzene rings is 2. The van der Waals surface area contributed by atoms with Gasteiger partial charge in [-0.05, 0) is 45.3 Å². The van der Waals surface area contributed by atoms with Crippen LogP contribution in [0.3, 0.4) is 0 Å². The van der Waals surface area contributed by atoms with E-state index in [0.717, 1.165) is 0 Å². The van der Waals surface area contributed by atoms with Gasteiger partial charge in [0.25, 0.3) is 0 Å². The summed E-state index contributed by atoms with van der Waals surface area (Å²) in [5.74, 6) is 0. The van der Waals surface area contributed by atoms with Crippen LogP contribution < -0.4 is 0 Å². The average molecular weight is 296 g/mol. The van der Waals surface area contributed by atoms with E-state index in [9.17, 15) is 0 Å². The summed E-state index contributed by atoms with van der Waals surface area (Å²) >= 11 is 2.46. The van der Waals surface area contributed by atoms with Crippen LogP contribution in [0.5, 0.6) is 0 Å². The van der Waals surface area contributed by atoms with Crippen molar-refractivity contribution in [3.63, 3.8) is 0 Å². The Hall–Kier alpha value is -0.570. The Morgan fingerprint density at radius 2 is 1.86 bits per heavy atom. The van der Waals surface area contributed by atoms with Gasteiger partial charge in [-0.1, -0.05) is 49.7 Å². The molecule has 0 aliphatic heterocycles. The molecule has 0 heterocycles. The van der Waals surface area contributed by atoms with E-state index in [4.69, 9.17) is 0 Å². The second kappa shape index (κ2) is 4.30. The molecule has 14 heavy (non-hydrogen) atoms. The lowest BCUT2D eigenvalue weighted by Crippen LogP contribution is -1.89. The van der Waals surface area contributed by atoms with Crippen LogP contribution in [0.1, 0.15) is 18.9 Å². The van der Waals surface area contributed by atoms with Crippen LogP contribution in [0, 0.1) is 3.57 Å². The maximum absolute atomic E-state index is 2.46. The first-order chi connectivity index (χ1) is 6.83. The maximum Gasteiger partial charge on any atom is 0.0240 e. The summed E-state index contributed by atoms with van der Waals surface area (Å²) in [7, 11) is 0. The molecule has 1 heteroatoms. The quantitative estimate of drug-likeness (QED) is 0.721. The molecule has 2 aromatic rings. The highest BCUT2D eigenvalue weighted by atomic mass is 127. The molecule has 0 atom stereocenters. The lowest BCUT2D eigenvalue weighted by atomic mass is 10.0. The van der Waals surface area contributed by atoms with Gasteiger partial charge in [0, 0.05) is 3.57 Å². The van der Waals surface area contributed by atoms with Gasteiger partial charge in [0.05, 0.1) is 0 Å². The van der Waals surface area contributed by atoms with Crippen molar-refractivity contribution < 1.29 is 0 Å². The zero-order chi connectivity index (χ0) is 9.97. The normalized spacial score (nSPS) is 10.7. The number of fused-ring (bicyclic) bond motifs is 1. The molecule has 0 aliphatic carbocycles. The number of halogens is 1. The van der Waals surface area contributed by atoms with Crippen molar-refractivity contribution in [1.29, 1.82) is 0 Å². The average Bonchev–Trinajstić information content (AvgIpc) is 2.23. The molecular weight excluding hydrogens is 283 g/mol. The van der Waals surface area contributed by atoms with E-state index in [0.29, 0.717) is 0 Å². The fourth-order valence-corrected chi connectivity index (χ4v) is 2.68. The molecule has 0 amide bonds. The monoisotopic (exact) mass is 296 g/mol. The van der Waals surface area contributed by atoms with Gasteiger partial charge in [0.15, 0.2) is 0 Å². The van der Waals surface area contributed by atoms with Crippen molar-refractivity contribution in [1.82, 2.24) is 0 Å². The highest BCUT2D eigenvalue weighted by molar-refractivity contribution is 14.1. The summed E-state index contributed by atoms with van der Waals surface area (Å²) in [4.78, 5) is 0. The third kappa shape index (κ3) is 1.78. The minimum Gasteiger partial charge on any atom is -0.0651 e. The Balaban J connectivity index is 2.63. The Kier molecular flexibility index (Phi) is 3.06. The van der Waals surface area contributed by atoms with Crippen molar-refractivity contribution in [3.05, 3.63) is 45.5 Å². The Labute approximate surface area is 98.5 Å². The van der Waals surface area contributed by atoms with E-state index in [1.54, 1.807) is 0 Å². The molecule has 72 valence electrons. The van der Waals surface area contributed by atoms with E-state index in [2.05, 4.69) is 65.9 Å². The van der Waals surface area contributed by atoms with Crippen molar-refractivity contribution in [3.8, 4) is 0 Å². The fraction of sp³-hybridized carbons (Fsp3) is 0.231. The van der Waals surface area contributed by atoms with Crippen LogP contribution in [-0.4, -0.2) is 0 Å².